The first-order valence-electron chi connectivity index (χ1n) is 24.1. The smallest absolute Gasteiger partial charge is 0.216 e. The molecule has 11 rings (SSSR count). The third-order valence-electron chi connectivity index (χ3n) is 13.3. The summed E-state index contributed by atoms with van der Waals surface area (Å²) in [6.45, 7) is 12.8. The van der Waals surface area contributed by atoms with Crippen molar-refractivity contribution in [3.8, 4) is 61.7 Å². The molecule has 0 amide bonds. The summed E-state index contributed by atoms with van der Waals surface area (Å²) in [5, 5.41) is 1.98. The largest absolute Gasteiger partial charge is 0.486 e. The van der Waals surface area contributed by atoms with Crippen molar-refractivity contribution in [2.75, 3.05) is 0 Å². The maximum Gasteiger partial charge on any atom is 0.216 e. The summed E-state index contributed by atoms with van der Waals surface area (Å²) in [7, 11) is 0. The van der Waals surface area contributed by atoms with Crippen LogP contribution in [-0.4, -0.2) is 42.8 Å². The van der Waals surface area contributed by atoms with E-state index >= 15 is 0 Å². The first-order valence-corrected chi connectivity index (χ1v) is 31.4. The van der Waals surface area contributed by atoms with Gasteiger partial charge in [-0.25, -0.2) is 4.98 Å². The van der Waals surface area contributed by atoms with Gasteiger partial charge in [0.25, 0.3) is 0 Å². The van der Waals surface area contributed by atoms with Crippen LogP contribution < -0.4 is 4.40 Å². The van der Waals surface area contributed by atoms with E-state index in [4.69, 9.17) is 24.4 Å². The molecule has 0 spiro atoms. The van der Waals surface area contributed by atoms with Crippen LogP contribution in [0.25, 0.3) is 94.8 Å². The summed E-state index contributed by atoms with van der Waals surface area (Å²) in [4.78, 5) is 24.3. The van der Waals surface area contributed by atoms with Crippen molar-refractivity contribution in [3.05, 3.63) is 199 Å². The summed E-state index contributed by atoms with van der Waals surface area (Å²) in [5.41, 5.74) is 18.0. The first kappa shape index (κ1) is 49.2. The molecule has 11 aromatic rings. The van der Waals surface area contributed by atoms with Gasteiger partial charge >= 0.3 is 147 Å². The van der Waals surface area contributed by atoms with Gasteiger partial charge in [-0.15, -0.1) is 18.2 Å². The van der Waals surface area contributed by atoms with Crippen LogP contribution in [0.4, 0.5) is 0 Å². The summed E-state index contributed by atoms with van der Waals surface area (Å²) in [5.74, 6) is 8.76. The molecule has 0 saturated carbocycles. The number of aromatic nitrogens is 6. The molecule has 0 aliphatic carbocycles. The molecule has 0 saturated heterocycles. The molecule has 0 N–H and O–H groups in total. The van der Waals surface area contributed by atoms with Gasteiger partial charge in [0, 0.05) is 54.4 Å². The SMILES string of the molecule is Cc1cc(-c2cc(-c3[c-]cccc3)nc[c]2[Ge]([CH3])([CH3])[CH3])cc(C)n1.Cc1nccc2nc(-c3[c-]ccc4c3oc3nc(C(C)C(C)C)ccc34)n(-c3c(-c4ccccc4)cccc3-c3ccccc3)c12.[Ir]. The third kappa shape index (κ3) is 9.81. The Labute approximate surface area is 433 Å². The van der Waals surface area contributed by atoms with Gasteiger partial charge < -0.3 is 8.98 Å². The Balaban J connectivity index is 0.000000211. The standard InChI is InChI=1S/C41H33N4O.C21H23GeN2.Ir/c1-25(2)26(3)35-22-21-33-32-19-12-20-34(39(32)46-41(33)44-35)40-43-36-23-24-42-27(4)37(36)45(40)38-30(28-13-7-5-8-14-28)17-11-18-31(38)29-15-9-6-10-16-29;1-15-11-18(12-16(2)24-15)19-13-21(17-9-7-6-8-10-17)23-14-20(19)22(3,4)5;/h5-19,21-26H,1-4H3;6-9,11-14H,1-5H3;/q2*-1;. The quantitative estimate of drug-likeness (QED) is 0.106. The van der Waals surface area contributed by atoms with Crippen molar-refractivity contribution in [3.63, 3.8) is 0 Å². The Morgan fingerprint density at radius 2 is 1.28 bits per heavy atom. The summed E-state index contributed by atoms with van der Waals surface area (Å²) in [6, 6.07) is 59.3. The van der Waals surface area contributed by atoms with E-state index in [1.54, 1.807) is 0 Å². The molecular formula is C62H56GeIrN6O-2. The van der Waals surface area contributed by atoms with Gasteiger partial charge in [0.05, 0.1) is 33.8 Å². The molecule has 0 fully saturated rings. The fourth-order valence-corrected chi connectivity index (χ4v) is 12.5. The van der Waals surface area contributed by atoms with Crippen LogP contribution in [0.15, 0.2) is 168 Å². The van der Waals surface area contributed by atoms with E-state index in [2.05, 4.69) is 201 Å². The minimum Gasteiger partial charge on any atom is -0.486 e. The molecule has 0 aliphatic rings. The third-order valence-corrected chi connectivity index (χ3v) is 17.5. The van der Waals surface area contributed by atoms with Gasteiger partial charge in [-0.05, 0) is 42.2 Å². The van der Waals surface area contributed by atoms with E-state index in [0.717, 1.165) is 101 Å². The van der Waals surface area contributed by atoms with Crippen LogP contribution in [0, 0.1) is 38.8 Å². The fourth-order valence-electron chi connectivity index (χ4n) is 9.43. The maximum atomic E-state index is 6.64. The predicted molar refractivity (Wildman–Crippen MR) is 291 cm³/mol. The van der Waals surface area contributed by atoms with E-state index < -0.39 is 13.3 Å². The van der Waals surface area contributed by atoms with Crippen molar-refractivity contribution >= 4 is 50.8 Å². The number of imidazole rings is 1. The number of hydrogen-bond acceptors (Lipinski definition) is 6. The molecule has 71 heavy (non-hydrogen) atoms. The van der Waals surface area contributed by atoms with Crippen LogP contribution in [0.5, 0.6) is 0 Å². The van der Waals surface area contributed by atoms with Crippen LogP contribution in [0.3, 0.4) is 0 Å². The van der Waals surface area contributed by atoms with Crippen molar-refractivity contribution in [2.24, 2.45) is 5.92 Å². The Morgan fingerprint density at radius 1 is 0.606 bits per heavy atom. The van der Waals surface area contributed by atoms with Crippen LogP contribution in [-0.2, 0) is 20.1 Å². The number of hydrogen-bond donors (Lipinski definition) is 0. The fraction of sp³-hybridized carbons (Fsp3) is 0.177. The molecule has 1 unspecified atom stereocenters. The monoisotopic (exact) mass is 1170 g/mol. The predicted octanol–water partition coefficient (Wildman–Crippen LogP) is 15.4. The second-order valence-corrected chi connectivity index (χ2v) is 30.1. The van der Waals surface area contributed by atoms with Gasteiger partial charge in [0.2, 0.25) is 5.71 Å². The molecule has 0 bridgehead atoms. The zero-order valence-corrected chi connectivity index (χ0v) is 46.2. The molecule has 6 heterocycles. The summed E-state index contributed by atoms with van der Waals surface area (Å²) in [6.07, 6.45) is 3.92. The van der Waals surface area contributed by atoms with Crippen molar-refractivity contribution in [2.45, 2.75) is 64.7 Å². The number of pyridine rings is 4. The number of rotatable bonds is 9. The molecule has 1 atom stereocenters. The van der Waals surface area contributed by atoms with Gasteiger partial charge in [-0.2, -0.15) is 0 Å². The van der Waals surface area contributed by atoms with E-state index in [9.17, 15) is 0 Å². The Bertz CT molecular complexity index is 3600. The van der Waals surface area contributed by atoms with E-state index in [1.807, 2.05) is 43.5 Å². The van der Waals surface area contributed by atoms with Crippen LogP contribution >= 0.6 is 0 Å². The number of nitrogens with zero attached hydrogens (tertiary/aromatic N) is 6. The number of furan rings is 1. The van der Waals surface area contributed by atoms with E-state index in [-0.39, 0.29) is 20.1 Å². The zero-order chi connectivity index (χ0) is 48.7. The van der Waals surface area contributed by atoms with Crippen molar-refractivity contribution in [1.82, 2.24) is 29.5 Å². The molecule has 7 nitrogen and oxygen atoms in total. The normalized spacial score (nSPS) is 12.0. The number of aryl methyl sites for hydroxylation is 3. The molecular weight excluding hydrogens is 1110 g/mol. The minimum absolute atomic E-state index is 0. The summed E-state index contributed by atoms with van der Waals surface area (Å²) >= 11 is -2.05. The minimum atomic E-state index is -2.05. The average molecular weight is 1170 g/mol. The number of para-hydroxylation sites is 1. The molecule has 9 heteroatoms. The van der Waals surface area contributed by atoms with Gasteiger partial charge in [-0.1, -0.05) is 111 Å². The molecule has 5 aromatic carbocycles. The number of benzene rings is 5. The molecule has 355 valence electrons. The van der Waals surface area contributed by atoms with E-state index in [1.165, 1.54) is 15.5 Å². The molecule has 0 aliphatic heterocycles. The maximum absolute atomic E-state index is 6.64. The van der Waals surface area contributed by atoms with E-state index in [0.29, 0.717) is 17.5 Å². The first-order chi connectivity index (χ1) is 33.8. The average Bonchev–Trinajstić information content (AvgIpc) is 3.95. The Kier molecular flexibility index (Phi) is 14.2. The van der Waals surface area contributed by atoms with Gasteiger partial charge in [0.15, 0.2) is 0 Å². The summed E-state index contributed by atoms with van der Waals surface area (Å²) < 4.78 is 10.3. The van der Waals surface area contributed by atoms with Crippen molar-refractivity contribution in [1.29, 1.82) is 0 Å². The Hall–Kier alpha value is -6.84. The Morgan fingerprint density at radius 3 is 1.92 bits per heavy atom. The van der Waals surface area contributed by atoms with Gasteiger partial charge in [-0.3, -0.25) is 9.97 Å². The molecule has 6 aromatic heterocycles. The number of fused-ring (bicyclic) bond motifs is 4. The molecule has 1 radical (unpaired) electrons. The van der Waals surface area contributed by atoms with Gasteiger partial charge in [0.1, 0.15) is 0 Å². The topological polar surface area (TPSA) is 82.5 Å². The second kappa shape index (κ2) is 20.5. The van der Waals surface area contributed by atoms with Crippen molar-refractivity contribution < 1.29 is 24.5 Å². The van der Waals surface area contributed by atoms with Crippen LogP contribution in [0.1, 0.15) is 49.5 Å². The second-order valence-electron chi connectivity index (χ2n) is 19.6. The van der Waals surface area contributed by atoms with Crippen LogP contribution in [0.2, 0.25) is 17.3 Å². The zero-order valence-electron chi connectivity index (χ0n) is 41.7.